The molecule has 0 saturated carbocycles. The maximum atomic E-state index is 13.1. The van der Waals surface area contributed by atoms with Gasteiger partial charge in [0.2, 0.25) is 5.91 Å². The van der Waals surface area contributed by atoms with Crippen molar-refractivity contribution < 1.29 is 38.3 Å². The predicted molar refractivity (Wildman–Crippen MR) is 152 cm³/mol. The molecule has 2 aliphatic heterocycles. The molecule has 1 aromatic rings. The van der Waals surface area contributed by atoms with Crippen LogP contribution in [0.3, 0.4) is 0 Å². The second-order valence-electron chi connectivity index (χ2n) is 10.4. The van der Waals surface area contributed by atoms with Crippen LogP contribution in [0.25, 0.3) is 0 Å². The number of amides is 1. The van der Waals surface area contributed by atoms with Gasteiger partial charge in [-0.15, -0.1) is 0 Å². The number of nitrogens with one attached hydrogen (secondary N) is 1. The Hall–Kier alpha value is -1.95. The first-order valence-corrected chi connectivity index (χ1v) is 15.0. The number of methoxy groups -OCH3 is 1. The van der Waals surface area contributed by atoms with E-state index >= 15 is 0 Å². The van der Waals surface area contributed by atoms with Crippen LogP contribution >= 0.6 is 0 Å². The Morgan fingerprint density at radius 1 is 1.00 bits per heavy atom. The van der Waals surface area contributed by atoms with Gasteiger partial charge in [0, 0.05) is 20.1 Å². The van der Waals surface area contributed by atoms with E-state index in [1.165, 1.54) is 12.8 Å². The SMILES string of the molecule is CCCCCCCC(=O)N[C@H](CN1CCCC1)[C@H](OC(O)COCCOCCOC)c1ccc2c(c1)OCCO2. The molecule has 10 nitrogen and oxygen atoms in total. The molecule has 228 valence electrons. The van der Waals surface area contributed by atoms with Crippen LogP contribution in [0.2, 0.25) is 0 Å². The number of aliphatic hydroxyl groups excluding tert-OH is 1. The fourth-order valence-corrected chi connectivity index (χ4v) is 5.03. The maximum Gasteiger partial charge on any atom is 0.220 e. The topological polar surface area (TPSA) is 108 Å². The van der Waals surface area contributed by atoms with Crippen molar-refractivity contribution >= 4 is 5.91 Å². The van der Waals surface area contributed by atoms with Gasteiger partial charge >= 0.3 is 0 Å². The average molecular weight is 567 g/mol. The van der Waals surface area contributed by atoms with Crippen LogP contribution in [0.1, 0.15) is 70.0 Å². The second-order valence-corrected chi connectivity index (χ2v) is 10.4. The number of likely N-dealkylation sites (tertiary alicyclic amines) is 1. The van der Waals surface area contributed by atoms with Crippen molar-refractivity contribution in [3.05, 3.63) is 23.8 Å². The summed E-state index contributed by atoms with van der Waals surface area (Å²) in [4.78, 5) is 15.4. The van der Waals surface area contributed by atoms with Crippen molar-refractivity contribution in [1.82, 2.24) is 10.2 Å². The van der Waals surface area contributed by atoms with Gasteiger partial charge in [-0.3, -0.25) is 4.79 Å². The molecule has 40 heavy (non-hydrogen) atoms. The first kappa shape index (κ1) is 32.6. The smallest absolute Gasteiger partial charge is 0.220 e. The number of benzene rings is 1. The highest BCUT2D eigenvalue weighted by Gasteiger charge is 2.31. The van der Waals surface area contributed by atoms with Gasteiger partial charge in [0.05, 0.1) is 39.1 Å². The Bertz CT molecular complexity index is 836. The third kappa shape index (κ3) is 11.9. The molecule has 1 saturated heterocycles. The first-order chi connectivity index (χ1) is 19.6. The molecule has 0 aromatic heterocycles. The molecule has 1 unspecified atom stereocenters. The van der Waals surface area contributed by atoms with Crippen LogP contribution < -0.4 is 14.8 Å². The molecule has 10 heteroatoms. The Morgan fingerprint density at radius 2 is 1.73 bits per heavy atom. The van der Waals surface area contributed by atoms with Gasteiger partial charge in [-0.1, -0.05) is 38.7 Å². The van der Waals surface area contributed by atoms with E-state index in [2.05, 4.69) is 17.1 Å². The highest BCUT2D eigenvalue weighted by Crippen LogP contribution is 2.35. The van der Waals surface area contributed by atoms with E-state index in [0.717, 1.165) is 50.8 Å². The molecule has 2 heterocycles. The zero-order valence-corrected chi connectivity index (χ0v) is 24.4. The standard InChI is InChI=1S/C30H50N2O8/c1-3-4-5-6-7-10-28(33)31-25(22-32-13-8-9-14-32)30(24-11-12-26-27(21-24)39-20-19-38-26)40-29(34)23-37-18-17-36-16-15-35-2/h11-12,21,25,29-30,34H,3-10,13-20,22-23H2,1-2H3,(H,31,33)/t25-,29?,30-/m1/s1. The molecule has 2 N–H and O–H groups in total. The van der Waals surface area contributed by atoms with E-state index in [4.69, 9.17) is 28.4 Å². The number of carbonyl (C=O) groups excluding carboxylic acids is 1. The normalized spacial score (nSPS) is 17.5. The number of hydrogen-bond acceptors (Lipinski definition) is 9. The van der Waals surface area contributed by atoms with Gasteiger partial charge in [-0.2, -0.15) is 0 Å². The van der Waals surface area contributed by atoms with Crippen LogP contribution in [0, 0.1) is 0 Å². The summed E-state index contributed by atoms with van der Waals surface area (Å²) in [6, 6.07) is 5.31. The largest absolute Gasteiger partial charge is 0.486 e. The summed E-state index contributed by atoms with van der Waals surface area (Å²) in [6.07, 6.45) is 6.36. The number of unbranched alkanes of at least 4 members (excludes halogenated alkanes) is 4. The van der Waals surface area contributed by atoms with Crippen molar-refractivity contribution in [2.75, 3.05) is 73.0 Å². The first-order valence-electron chi connectivity index (χ1n) is 15.0. The van der Waals surface area contributed by atoms with Gasteiger partial charge < -0.3 is 43.7 Å². The summed E-state index contributed by atoms with van der Waals surface area (Å²) in [5.41, 5.74) is 0.804. The quantitative estimate of drug-likeness (QED) is 0.171. The molecule has 3 rings (SSSR count). The van der Waals surface area contributed by atoms with Crippen LogP contribution in [0.4, 0.5) is 0 Å². The lowest BCUT2D eigenvalue weighted by atomic mass is 10.00. The molecule has 0 bridgehead atoms. The van der Waals surface area contributed by atoms with Crippen LogP contribution in [-0.2, 0) is 23.7 Å². The van der Waals surface area contributed by atoms with E-state index in [9.17, 15) is 9.90 Å². The van der Waals surface area contributed by atoms with E-state index in [0.29, 0.717) is 64.1 Å². The molecule has 1 fully saturated rings. The van der Waals surface area contributed by atoms with Crippen molar-refractivity contribution in [1.29, 1.82) is 0 Å². The lowest BCUT2D eigenvalue weighted by molar-refractivity contribution is -0.178. The Labute approximate surface area is 239 Å². The minimum atomic E-state index is -1.19. The van der Waals surface area contributed by atoms with Gasteiger partial charge in [-0.25, -0.2) is 0 Å². The average Bonchev–Trinajstić information content (AvgIpc) is 3.48. The second kappa shape index (κ2) is 19.2. The third-order valence-corrected chi connectivity index (χ3v) is 7.14. The fourth-order valence-electron chi connectivity index (χ4n) is 5.03. The van der Waals surface area contributed by atoms with Crippen molar-refractivity contribution in [3.63, 3.8) is 0 Å². The third-order valence-electron chi connectivity index (χ3n) is 7.14. The van der Waals surface area contributed by atoms with E-state index < -0.39 is 12.4 Å². The summed E-state index contributed by atoms with van der Waals surface area (Å²) in [6.45, 7) is 7.45. The highest BCUT2D eigenvalue weighted by molar-refractivity contribution is 5.76. The predicted octanol–water partition coefficient (Wildman–Crippen LogP) is 3.45. The molecule has 0 radical (unpaired) electrons. The van der Waals surface area contributed by atoms with E-state index in [1.54, 1.807) is 7.11 Å². The maximum absolute atomic E-state index is 13.1. The fraction of sp³-hybridized carbons (Fsp3) is 0.767. The van der Waals surface area contributed by atoms with Crippen LogP contribution in [0.15, 0.2) is 18.2 Å². The summed E-state index contributed by atoms with van der Waals surface area (Å²) >= 11 is 0. The van der Waals surface area contributed by atoms with Gasteiger partial charge in [0.15, 0.2) is 17.8 Å². The zero-order chi connectivity index (χ0) is 28.4. The minimum absolute atomic E-state index is 0.00536. The van der Waals surface area contributed by atoms with Crippen LogP contribution in [-0.4, -0.2) is 101 Å². The number of rotatable bonds is 21. The Balaban J connectivity index is 1.69. The van der Waals surface area contributed by atoms with Gasteiger partial charge in [0.25, 0.3) is 0 Å². The summed E-state index contributed by atoms with van der Waals surface area (Å²) in [5.74, 6) is 1.32. The summed E-state index contributed by atoms with van der Waals surface area (Å²) in [7, 11) is 1.62. The van der Waals surface area contributed by atoms with Gasteiger partial charge in [0.1, 0.15) is 19.3 Å². The molecule has 1 amide bonds. The monoisotopic (exact) mass is 566 g/mol. The van der Waals surface area contributed by atoms with E-state index in [-0.39, 0.29) is 18.6 Å². The Morgan fingerprint density at radius 3 is 2.50 bits per heavy atom. The van der Waals surface area contributed by atoms with Crippen molar-refractivity contribution in [3.8, 4) is 11.5 Å². The Kier molecular flexibility index (Phi) is 15.6. The number of fused-ring (bicyclic) bond motifs is 1. The zero-order valence-electron chi connectivity index (χ0n) is 24.4. The number of hydrogen-bond donors (Lipinski definition) is 2. The number of aliphatic hydroxyl groups is 1. The van der Waals surface area contributed by atoms with Crippen molar-refractivity contribution in [2.24, 2.45) is 0 Å². The molecular weight excluding hydrogens is 516 g/mol. The molecule has 0 spiro atoms. The molecule has 1 aromatic carbocycles. The number of carbonyl (C=O) groups is 1. The van der Waals surface area contributed by atoms with E-state index in [1.807, 2.05) is 18.2 Å². The number of nitrogens with zero attached hydrogens (tertiary/aromatic N) is 1. The molecule has 3 atom stereocenters. The van der Waals surface area contributed by atoms with Crippen LogP contribution in [0.5, 0.6) is 11.5 Å². The van der Waals surface area contributed by atoms with Gasteiger partial charge in [-0.05, 0) is 50.0 Å². The lowest BCUT2D eigenvalue weighted by Gasteiger charge is -2.33. The molecule has 2 aliphatic rings. The summed E-state index contributed by atoms with van der Waals surface area (Å²) < 4.78 is 33.8. The number of ether oxygens (including phenoxy) is 6. The highest BCUT2D eigenvalue weighted by atomic mass is 16.6. The lowest BCUT2D eigenvalue weighted by Crippen LogP contribution is -2.48. The minimum Gasteiger partial charge on any atom is -0.486 e. The summed E-state index contributed by atoms with van der Waals surface area (Å²) in [5, 5.41) is 14.1. The molecular formula is C30H50N2O8. The van der Waals surface area contributed by atoms with Crippen molar-refractivity contribution in [2.45, 2.75) is 76.7 Å². The molecule has 0 aliphatic carbocycles.